The Morgan fingerprint density at radius 1 is 1.31 bits per heavy atom. The number of amides is 2. The first-order valence-corrected chi connectivity index (χ1v) is 9.37. The fraction of sp³-hybridized carbons (Fsp3) is 0.632. The van der Waals surface area contributed by atoms with Gasteiger partial charge in [-0.3, -0.25) is 14.6 Å². The van der Waals surface area contributed by atoms with E-state index < -0.39 is 0 Å². The van der Waals surface area contributed by atoms with Crippen molar-refractivity contribution < 1.29 is 19.1 Å². The van der Waals surface area contributed by atoms with Crippen LogP contribution in [0.2, 0.25) is 0 Å². The Morgan fingerprint density at radius 3 is 2.85 bits per heavy atom. The van der Waals surface area contributed by atoms with Gasteiger partial charge in [0.2, 0.25) is 5.91 Å². The largest absolute Gasteiger partial charge is 0.368 e. The predicted molar refractivity (Wildman–Crippen MR) is 93.1 cm³/mol. The van der Waals surface area contributed by atoms with Crippen molar-refractivity contribution in [1.29, 1.82) is 0 Å². The Hall–Kier alpha value is -1.99. The molecule has 1 spiro atoms. The summed E-state index contributed by atoms with van der Waals surface area (Å²) in [7, 11) is 0. The van der Waals surface area contributed by atoms with Crippen LogP contribution in [0.4, 0.5) is 0 Å². The van der Waals surface area contributed by atoms with E-state index >= 15 is 0 Å². The molecular weight excluding hydrogens is 334 g/mol. The first kappa shape index (κ1) is 17.4. The van der Waals surface area contributed by atoms with Crippen LogP contribution in [0.25, 0.3) is 0 Å². The maximum absolute atomic E-state index is 12.5. The molecule has 0 radical (unpaired) electrons. The van der Waals surface area contributed by atoms with E-state index in [9.17, 15) is 9.59 Å². The van der Waals surface area contributed by atoms with Gasteiger partial charge in [-0.15, -0.1) is 0 Å². The lowest BCUT2D eigenvalue weighted by Crippen LogP contribution is -2.59. The van der Waals surface area contributed by atoms with Crippen molar-refractivity contribution in [3.63, 3.8) is 0 Å². The average Bonchev–Trinajstić information content (AvgIpc) is 3.21. The van der Waals surface area contributed by atoms with Gasteiger partial charge in [0.15, 0.2) is 0 Å². The molecule has 1 aromatic heterocycles. The monoisotopic (exact) mass is 359 g/mol. The molecule has 4 heterocycles. The van der Waals surface area contributed by atoms with E-state index in [0.717, 1.165) is 31.4 Å². The quantitative estimate of drug-likeness (QED) is 0.805. The second-order valence-electron chi connectivity index (χ2n) is 7.37. The van der Waals surface area contributed by atoms with Gasteiger partial charge in [-0.1, -0.05) is 6.07 Å². The molecular formula is C19H25N3O4. The molecule has 0 unspecified atom stereocenters. The van der Waals surface area contributed by atoms with E-state index in [-0.39, 0.29) is 30.1 Å². The summed E-state index contributed by atoms with van der Waals surface area (Å²) in [5, 5.41) is 0. The van der Waals surface area contributed by atoms with Crippen molar-refractivity contribution in [3.05, 3.63) is 30.1 Å². The van der Waals surface area contributed by atoms with Gasteiger partial charge < -0.3 is 19.3 Å². The highest BCUT2D eigenvalue weighted by molar-refractivity contribution is 5.81. The first-order valence-electron chi connectivity index (χ1n) is 9.37. The lowest BCUT2D eigenvalue weighted by molar-refractivity contribution is -0.175. The zero-order chi connectivity index (χ0) is 18.0. The third-order valence-electron chi connectivity index (χ3n) is 5.60. The Labute approximate surface area is 153 Å². The van der Waals surface area contributed by atoms with Crippen molar-refractivity contribution in [2.24, 2.45) is 0 Å². The third-order valence-corrected chi connectivity index (χ3v) is 5.60. The van der Waals surface area contributed by atoms with Gasteiger partial charge in [0.05, 0.1) is 24.4 Å². The van der Waals surface area contributed by atoms with Crippen molar-refractivity contribution in [3.8, 4) is 0 Å². The van der Waals surface area contributed by atoms with Gasteiger partial charge >= 0.3 is 0 Å². The number of hydrogen-bond donors (Lipinski definition) is 0. The predicted octanol–water partition coefficient (Wildman–Crippen LogP) is 0.981. The maximum Gasteiger partial charge on any atom is 0.251 e. The summed E-state index contributed by atoms with van der Waals surface area (Å²) >= 11 is 0. The zero-order valence-corrected chi connectivity index (χ0v) is 14.9. The molecule has 4 rings (SSSR count). The van der Waals surface area contributed by atoms with Gasteiger partial charge in [0.1, 0.15) is 12.7 Å². The van der Waals surface area contributed by atoms with Gasteiger partial charge in [0.25, 0.3) is 5.91 Å². The molecule has 1 atom stereocenters. The normalized spacial score (nSPS) is 25.7. The smallest absolute Gasteiger partial charge is 0.251 e. The molecule has 0 saturated carbocycles. The van der Waals surface area contributed by atoms with Gasteiger partial charge in [-0.05, 0) is 37.8 Å². The van der Waals surface area contributed by atoms with Gasteiger partial charge in [-0.25, -0.2) is 0 Å². The summed E-state index contributed by atoms with van der Waals surface area (Å²) in [4.78, 5) is 32.8. The Morgan fingerprint density at radius 2 is 2.15 bits per heavy atom. The molecule has 7 heteroatoms. The minimum atomic E-state index is -0.351. The SMILES string of the molecule is O=C1COC2(CCN(C(=O)[C@@H]3CCCO3)CC2)CN1Cc1ccccn1. The van der Waals surface area contributed by atoms with Crippen LogP contribution in [0.15, 0.2) is 24.4 Å². The average molecular weight is 359 g/mol. The minimum Gasteiger partial charge on any atom is -0.368 e. The fourth-order valence-electron chi connectivity index (χ4n) is 4.03. The Bertz CT molecular complexity index is 652. The van der Waals surface area contributed by atoms with Crippen molar-refractivity contribution in [2.75, 3.05) is 32.8 Å². The summed E-state index contributed by atoms with van der Waals surface area (Å²) in [6.45, 7) is 3.16. The number of nitrogens with zero attached hydrogens (tertiary/aromatic N) is 3. The van der Waals surface area contributed by atoms with Crippen molar-refractivity contribution in [1.82, 2.24) is 14.8 Å². The van der Waals surface area contributed by atoms with Crippen LogP contribution in [-0.2, 0) is 25.6 Å². The standard InChI is InChI=1S/C19H25N3O4/c23-17-13-26-19(14-22(17)12-15-4-1-2-8-20-15)6-9-21(10-7-19)18(24)16-5-3-11-25-16/h1-2,4,8,16H,3,5-7,9-14H2/t16-/m0/s1. The van der Waals surface area contributed by atoms with Crippen LogP contribution in [0, 0.1) is 0 Å². The van der Waals surface area contributed by atoms with E-state index in [2.05, 4.69) is 4.98 Å². The second kappa shape index (κ2) is 7.32. The van der Waals surface area contributed by atoms with Crippen LogP contribution in [0.5, 0.6) is 0 Å². The van der Waals surface area contributed by atoms with Crippen molar-refractivity contribution in [2.45, 2.75) is 43.9 Å². The zero-order valence-electron chi connectivity index (χ0n) is 14.9. The first-order chi connectivity index (χ1) is 12.7. The number of carbonyl (C=O) groups excluding carboxylic acids is 2. The third kappa shape index (κ3) is 3.59. The van der Waals surface area contributed by atoms with Gasteiger partial charge in [0, 0.05) is 25.9 Å². The molecule has 140 valence electrons. The minimum absolute atomic E-state index is 0.000797. The van der Waals surface area contributed by atoms with E-state index in [1.54, 1.807) is 6.20 Å². The number of likely N-dealkylation sites (tertiary alicyclic amines) is 1. The molecule has 3 saturated heterocycles. The number of aromatic nitrogens is 1. The Balaban J connectivity index is 1.37. The molecule has 1 aromatic rings. The second-order valence-corrected chi connectivity index (χ2v) is 7.37. The summed E-state index contributed by atoms with van der Waals surface area (Å²) in [6.07, 6.45) is 4.75. The van der Waals surface area contributed by atoms with Crippen LogP contribution >= 0.6 is 0 Å². The van der Waals surface area contributed by atoms with Crippen molar-refractivity contribution >= 4 is 11.8 Å². The fourth-order valence-corrected chi connectivity index (χ4v) is 4.03. The van der Waals surface area contributed by atoms with Crippen LogP contribution in [-0.4, -0.2) is 71.2 Å². The summed E-state index contributed by atoms with van der Waals surface area (Å²) in [5.74, 6) is 0.105. The Kier molecular flexibility index (Phi) is 4.91. The number of morpholine rings is 1. The molecule has 3 fully saturated rings. The molecule has 0 aliphatic carbocycles. The number of rotatable bonds is 3. The lowest BCUT2D eigenvalue weighted by Gasteiger charge is -2.47. The number of pyridine rings is 1. The van der Waals surface area contributed by atoms with E-state index in [1.165, 1.54) is 0 Å². The van der Waals surface area contributed by atoms with E-state index in [1.807, 2.05) is 28.0 Å². The lowest BCUT2D eigenvalue weighted by atomic mass is 9.89. The summed E-state index contributed by atoms with van der Waals surface area (Å²) < 4.78 is 11.5. The highest BCUT2D eigenvalue weighted by Crippen LogP contribution is 2.32. The van der Waals surface area contributed by atoms with E-state index in [4.69, 9.17) is 9.47 Å². The topological polar surface area (TPSA) is 72.0 Å². The summed E-state index contributed by atoms with van der Waals surface area (Å²) in [6, 6.07) is 5.73. The highest BCUT2D eigenvalue weighted by atomic mass is 16.5. The number of hydrogen-bond acceptors (Lipinski definition) is 5. The van der Waals surface area contributed by atoms with Crippen LogP contribution in [0.3, 0.4) is 0 Å². The maximum atomic E-state index is 12.5. The number of piperidine rings is 1. The molecule has 26 heavy (non-hydrogen) atoms. The molecule has 3 aliphatic rings. The number of carbonyl (C=O) groups is 2. The van der Waals surface area contributed by atoms with Gasteiger partial charge in [-0.2, -0.15) is 0 Å². The highest BCUT2D eigenvalue weighted by Gasteiger charge is 2.43. The molecule has 2 amide bonds. The van der Waals surface area contributed by atoms with E-state index in [0.29, 0.717) is 32.8 Å². The molecule has 7 nitrogen and oxygen atoms in total. The summed E-state index contributed by atoms with van der Waals surface area (Å²) in [5.41, 5.74) is 0.527. The number of ether oxygens (including phenoxy) is 2. The van der Waals surface area contributed by atoms with Crippen LogP contribution in [0.1, 0.15) is 31.4 Å². The molecule has 0 bridgehead atoms. The molecule has 3 aliphatic heterocycles. The van der Waals surface area contributed by atoms with Crippen LogP contribution < -0.4 is 0 Å². The molecule has 0 N–H and O–H groups in total. The molecule has 0 aromatic carbocycles.